The molecule has 0 aliphatic heterocycles. The molecule has 5 aliphatic rings. The van der Waals surface area contributed by atoms with Gasteiger partial charge < -0.3 is 9.80 Å². The van der Waals surface area contributed by atoms with Gasteiger partial charge in [0, 0.05) is 34.1 Å². The smallest absolute Gasteiger partial charge is 0.0491 e. The normalized spacial score (nSPS) is 22.6. The average Bonchev–Trinajstić information content (AvgIpc) is 3.81. The number of nitrogens with zero attached hydrogens (tertiary/aromatic N) is 2. The Kier molecular flexibility index (Phi) is 11.6. The Morgan fingerprint density at radius 2 is 0.588 bits per heavy atom. The third-order valence-corrected chi connectivity index (χ3v) is 16.7. The summed E-state index contributed by atoms with van der Waals surface area (Å²) in [5, 5.41) is 0. The summed E-state index contributed by atoms with van der Waals surface area (Å²) < 4.78 is 0. The number of hydrogen-bond acceptors (Lipinski definition) is 2. The van der Waals surface area contributed by atoms with Crippen LogP contribution in [-0.4, -0.2) is 0 Å². The summed E-state index contributed by atoms with van der Waals surface area (Å²) >= 11 is 0. The summed E-state index contributed by atoms with van der Waals surface area (Å²) in [6.07, 6.45) is 9.26. The Hall–Kier alpha value is -6.64. The van der Waals surface area contributed by atoms with Crippen LogP contribution in [0.5, 0.6) is 0 Å². The molecule has 2 unspecified atom stereocenters. The maximum atomic E-state index is 2.51. The molecular weight excluding hydrogens is 821 g/mol. The first-order chi connectivity index (χ1) is 32.4. The van der Waals surface area contributed by atoms with E-state index in [2.05, 4.69) is 245 Å². The summed E-state index contributed by atoms with van der Waals surface area (Å²) in [6.45, 7) is 14.4. The van der Waals surface area contributed by atoms with Gasteiger partial charge in [-0.2, -0.15) is 0 Å². The van der Waals surface area contributed by atoms with Gasteiger partial charge in [0.2, 0.25) is 0 Å². The van der Waals surface area contributed by atoms with Crippen molar-refractivity contribution in [3.63, 3.8) is 0 Å². The highest BCUT2D eigenvalue weighted by Crippen LogP contribution is 2.61. The molecule has 2 atom stereocenters. The number of hydrogen-bond donors (Lipinski definition) is 0. The minimum Gasteiger partial charge on any atom is -0.310 e. The van der Waals surface area contributed by atoms with Crippen molar-refractivity contribution in [2.75, 3.05) is 9.80 Å². The van der Waals surface area contributed by atoms with Crippen molar-refractivity contribution in [2.45, 2.75) is 116 Å². The lowest BCUT2D eigenvalue weighted by Gasteiger charge is -2.52. The molecule has 0 amide bonds. The van der Waals surface area contributed by atoms with Crippen LogP contribution in [0.2, 0.25) is 0 Å². The molecule has 0 saturated heterocycles. The van der Waals surface area contributed by atoms with E-state index < -0.39 is 0 Å². The van der Waals surface area contributed by atoms with Gasteiger partial charge >= 0.3 is 0 Å². The summed E-state index contributed by atoms with van der Waals surface area (Å²) in [5.41, 5.74) is 22.8. The quantitative estimate of drug-likeness (QED) is 0.150. The van der Waals surface area contributed by atoms with E-state index in [1.807, 2.05) is 0 Å². The Morgan fingerprint density at radius 3 is 0.956 bits per heavy atom. The van der Waals surface area contributed by atoms with E-state index in [9.17, 15) is 0 Å². The van der Waals surface area contributed by atoms with Gasteiger partial charge in [0.15, 0.2) is 0 Å². The van der Waals surface area contributed by atoms with Gasteiger partial charge in [-0.05, 0) is 209 Å². The van der Waals surface area contributed by atoms with Crippen LogP contribution in [0.4, 0.5) is 34.1 Å². The minimum atomic E-state index is 0. The summed E-state index contributed by atoms with van der Waals surface area (Å²) in [4.78, 5) is 4.70. The maximum Gasteiger partial charge on any atom is 0.0491 e. The molecule has 0 aromatic heterocycles. The summed E-state index contributed by atoms with van der Waals surface area (Å²) in [6, 6.07) is 71.0. The Labute approximate surface area is 407 Å². The highest BCUT2D eigenvalue weighted by molar-refractivity contribution is 5.82. The molecule has 68 heavy (non-hydrogen) atoms. The van der Waals surface area contributed by atoms with E-state index in [4.69, 9.17) is 0 Å². The van der Waals surface area contributed by atoms with Crippen molar-refractivity contribution in [2.24, 2.45) is 0 Å². The van der Waals surface area contributed by atoms with Crippen molar-refractivity contribution in [1.29, 1.82) is 0 Å². The molecule has 13 rings (SSSR count). The highest BCUT2D eigenvalue weighted by Gasteiger charge is 2.53. The predicted molar refractivity (Wildman–Crippen MR) is 291 cm³/mol. The van der Waals surface area contributed by atoms with Crippen LogP contribution in [0.15, 0.2) is 194 Å². The van der Waals surface area contributed by atoms with Crippen molar-refractivity contribution >= 4 is 34.1 Å². The number of benzene rings is 8. The number of fused-ring (bicyclic) bond motifs is 7. The zero-order valence-electron chi connectivity index (χ0n) is 40.3. The van der Waals surface area contributed by atoms with Crippen LogP contribution < -0.4 is 9.80 Å². The molecule has 4 bridgehead atoms. The number of aryl methyl sites for hydroxylation is 2. The zero-order chi connectivity index (χ0) is 46.0. The fourth-order valence-corrected chi connectivity index (χ4v) is 12.8. The summed E-state index contributed by atoms with van der Waals surface area (Å²) in [7, 11) is 0. The van der Waals surface area contributed by atoms with Gasteiger partial charge in [0.05, 0.1) is 0 Å². The van der Waals surface area contributed by atoms with Crippen LogP contribution in [-0.2, 0) is 21.7 Å². The van der Waals surface area contributed by atoms with Crippen molar-refractivity contribution in [3.8, 4) is 22.3 Å². The van der Waals surface area contributed by atoms with E-state index in [0.717, 1.165) is 0 Å². The van der Waals surface area contributed by atoms with Crippen molar-refractivity contribution < 1.29 is 0 Å². The van der Waals surface area contributed by atoms with Crippen LogP contribution in [0.1, 0.15) is 113 Å². The highest BCUT2D eigenvalue weighted by atomic mass is 15.1. The first-order valence-electron chi connectivity index (χ1n) is 24.8. The largest absolute Gasteiger partial charge is 0.310 e. The molecule has 8 aromatic carbocycles. The molecule has 8 aromatic rings. The second kappa shape index (κ2) is 17.5. The van der Waals surface area contributed by atoms with Gasteiger partial charge in [0.1, 0.15) is 0 Å². The monoisotopic (exact) mass is 889 g/mol. The van der Waals surface area contributed by atoms with Crippen molar-refractivity contribution in [1.82, 2.24) is 0 Å². The fraction of sp³-hybridized carbons (Fsp3) is 0.273. The van der Waals surface area contributed by atoms with E-state index in [0.29, 0.717) is 21.7 Å². The third-order valence-electron chi connectivity index (χ3n) is 16.7. The van der Waals surface area contributed by atoms with Gasteiger partial charge in [-0.25, -0.2) is 0 Å². The molecule has 2 fully saturated rings. The Balaban J connectivity index is 0.000000156. The molecule has 0 heterocycles. The topological polar surface area (TPSA) is 6.48 Å². The maximum absolute atomic E-state index is 2.51. The second-order valence-corrected chi connectivity index (χ2v) is 21.5. The third kappa shape index (κ3) is 7.86. The fourth-order valence-electron chi connectivity index (χ4n) is 12.8. The van der Waals surface area contributed by atoms with Gasteiger partial charge in [-0.1, -0.05) is 156 Å². The lowest BCUT2D eigenvalue weighted by Crippen LogP contribution is -2.44. The van der Waals surface area contributed by atoms with E-state index in [1.54, 1.807) is 22.3 Å². The first kappa shape index (κ1) is 45.2. The number of para-hydroxylation sites is 4. The average molecular weight is 889 g/mol. The van der Waals surface area contributed by atoms with Gasteiger partial charge in [0.25, 0.3) is 0 Å². The molecule has 2 heteroatoms. The lowest BCUT2D eigenvalue weighted by molar-refractivity contribution is 0.188. The molecule has 342 valence electrons. The van der Waals surface area contributed by atoms with E-state index in [1.165, 1.54) is 112 Å². The van der Waals surface area contributed by atoms with Crippen molar-refractivity contribution in [3.05, 3.63) is 228 Å². The van der Waals surface area contributed by atoms with E-state index in [-0.39, 0.29) is 7.43 Å². The first-order valence-corrected chi connectivity index (χ1v) is 24.8. The summed E-state index contributed by atoms with van der Waals surface area (Å²) in [5.74, 6) is 0. The number of rotatable bonds is 8. The van der Waals surface area contributed by atoms with Crippen LogP contribution in [0, 0.1) is 13.8 Å². The molecule has 5 aliphatic carbocycles. The lowest BCUT2D eigenvalue weighted by atomic mass is 9.52. The molecular formula is C66H68N2. The van der Waals surface area contributed by atoms with Gasteiger partial charge in [-0.3, -0.25) is 0 Å². The van der Waals surface area contributed by atoms with Crippen LogP contribution in [0.3, 0.4) is 0 Å². The molecule has 0 N–H and O–H groups in total. The minimum absolute atomic E-state index is 0. The molecule has 0 radical (unpaired) electrons. The van der Waals surface area contributed by atoms with Crippen LogP contribution in [0.25, 0.3) is 22.3 Å². The number of anilines is 6. The zero-order valence-corrected chi connectivity index (χ0v) is 40.3. The molecule has 2 nitrogen and oxygen atoms in total. The Bertz CT molecular complexity index is 2990. The van der Waals surface area contributed by atoms with Crippen LogP contribution >= 0.6 is 0 Å². The Morgan fingerprint density at radius 1 is 0.309 bits per heavy atom. The van der Waals surface area contributed by atoms with Gasteiger partial charge in [-0.15, -0.1) is 0 Å². The van der Waals surface area contributed by atoms with E-state index >= 15 is 0 Å². The standard InChI is InChI=1S/C33H33N.C32H31N.CH4/c1-24-22-25(26-14-16-29-30(23-26)33(3)20-18-32(29,2)19-21-33)15-17-31(24)34(27-10-6-4-7-11-27)28-12-8-5-9-13-28;1-23-20-24(25-14-16-28-29(21-25)32(3)19-18-31(28,2)22-32)15-17-30(23)33(26-10-6-4-7-11-26)27-12-8-5-9-13-27;/h4-17,22-23H,18-21H2,1-3H3;4-17,20-21H,18-19,22H2,1-3H3;1H4. The molecule has 2 saturated carbocycles. The second-order valence-electron chi connectivity index (χ2n) is 21.5. The SMILES string of the molecule is C.Cc1cc(-c2ccc3c(c2)C2(C)CCC3(C)C2)ccc1N(c1ccccc1)c1ccccc1.Cc1cc(-c2ccc3c(c2)C2(C)CCC3(C)CC2)ccc1N(c1ccccc1)c1ccccc1. The predicted octanol–water partition coefficient (Wildman–Crippen LogP) is 18.7. The molecule has 0 spiro atoms.